The van der Waals surface area contributed by atoms with E-state index in [4.69, 9.17) is 9.47 Å². The predicted octanol–water partition coefficient (Wildman–Crippen LogP) is 2.46. The molecule has 4 nitrogen and oxygen atoms in total. The minimum atomic E-state index is 0.248. The number of carbonyl (C=O) groups excluding carboxylic acids is 1. The van der Waals surface area contributed by atoms with Crippen LogP contribution in [0.5, 0.6) is 11.5 Å². The number of Topliss-reactive ketones (excluding diaryl/α,β-unsaturated/α-hetero) is 1. The van der Waals surface area contributed by atoms with Gasteiger partial charge in [0.15, 0.2) is 17.3 Å². The number of hydrogen-bond acceptors (Lipinski definition) is 4. The number of carbonyl (C=O) groups is 1. The molecule has 3 rings (SSSR count). The highest BCUT2D eigenvalue weighted by Gasteiger charge is 2.17. The second-order valence-corrected chi connectivity index (χ2v) is 4.16. The zero-order valence-electron chi connectivity index (χ0n) is 9.36. The summed E-state index contributed by atoms with van der Waals surface area (Å²) >= 11 is 0. The van der Waals surface area contributed by atoms with Crippen LogP contribution in [-0.2, 0) is 4.79 Å². The third-order valence-electron chi connectivity index (χ3n) is 2.99. The van der Waals surface area contributed by atoms with E-state index in [0.29, 0.717) is 6.42 Å². The van der Waals surface area contributed by atoms with Gasteiger partial charge < -0.3 is 14.8 Å². The third kappa shape index (κ3) is 1.98. The maximum atomic E-state index is 11.4. The molecule has 1 aromatic carbocycles. The summed E-state index contributed by atoms with van der Waals surface area (Å²) in [4.78, 5) is 11.4. The molecule has 1 aliphatic heterocycles. The molecular formula is C13H13NO3. The van der Waals surface area contributed by atoms with Crippen molar-refractivity contribution in [3.63, 3.8) is 0 Å². The highest BCUT2D eigenvalue weighted by Crippen LogP contribution is 2.34. The van der Waals surface area contributed by atoms with Crippen molar-refractivity contribution in [1.29, 1.82) is 0 Å². The largest absolute Gasteiger partial charge is 0.454 e. The minimum absolute atomic E-state index is 0.248. The molecule has 0 radical (unpaired) electrons. The molecule has 17 heavy (non-hydrogen) atoms. The summed E-state index contributed by atoms with van der Waals surface area (Å²) in [5.74, 6) is 1.75. The van der Waals surface area contributed by atoms with Crippen LogP contribution >= 0.6 is 0 Å². The zero-order chi connectivity index (χ0) is 11.7. The topological polar surface area (TPSA) is 47.6 Å². The van der Waals surface area contributed by atoms with E-state index in [9.17, 15) is 4.79 Å². The van der Waals surface area contributed by atoms with Crippen LogP contribution in [0.15, 0.2) is 30.0 Å². The molecule has 0 aromatic heterocycles. The first-order valence-electron chi connectivity index (χ1n) is 5.71. The Balaban J connectivity index is 1.75. The molecule has 0 unspecified atom stereocenters. The van der Waals surface area contributed by atoms with Gasteiger partial charge in [-0.1, -0.05) is 0 Å². The lowest BCUT2D eigenvalue weighted by molar-refractivity contribution is -0.114. The lowest BCUT2D eigenvalue weighted by Crippen LogP contribution is -1.96. The van der Waals surface area contributed by atoms with Gasteiger partial charge in [0.1, 0.15) is 0 Å². The smallest absolute Gasteiger partial charge is 0.231 e. The number of nitrogens with one attached hydrogen (secondary N) is 1. The molecule has 1 N–H and O–H groups in total. The fourth-order valence-electron chi connectivity index (χ4n) is 2.05. The van der Waals surface area contributed by atoms with Crippen molar-refractivity contribution >= 4 is 11.5 Å². The number of benzene rings is 1. The van der Waals surface area contributed by atoms with Crippen molar-refractivity contribution in [2.24, 2.45) is 0 Å². The van der Waals surface area contributed by atoms with E-state index in [2.05, 4.69) is 5.32 Å². The van der Waals surface area contributed by atoms with Crippen LogP contribution in [0.1, 0.15) is 19.3 Å². The van der Waals surface area contributed by atoms with Gasteiger partial charge in [-0.05, 0) is 25.0 Å². The molecule has 0 bridgehead atoms. The second-order valence-electron chi connectivity index (χ2n) is 4.16. The number of fused-ring (bicyclic) bond motifs is 1. The number of anilines is 1. The van der Waals surface area contributed by atoms with E-state index < -0.39 is 0 Å². The van der Waals surface area contributed by atoms with Gasteiger partial charge >= 0.3 is 0 Å². The van der Waals surface area contributed by atoms with E-state index in [1.165, 1.54) is 0 Å². The zero-order valence-corrected chi connectivity index (χ0v) is 9.36. The van der Waals surface area contributed by atoms with Gasteiger partial charge in [0.25, 0.3) is 0 Å². The SMILES string of the molecule is O=C1CCC/C1=C\Nc1ccc2c(c1)OCO2. The Labute approximate surface area is 99.2 Å². The Morgan fingerprint density at radius 2 is 2.06 bits per heavy atom. The molecule has 4 heteroatoms. The molecule has 0 saturated heterocycles. The first-order chi connectivity index (χ1) is 8.33. The Hall–Kier alpha value is -1.97. The number of ether oxygens (including phenoxy) is 2. The monoisotopic (exact) mass is 231 g/mol. The molecular weight excluding hydrogens is 218 g/mol. The van der Waals surface area contributed by atoms with Crippen molar-refractivity contribution < 1.29 is 14.3 Å². The lowest BCUT2D eigenvalue weighted by atomic mass is 10.2. The molecule has 0 spiro atoms. The van der Waals surface area contributed by atoms with Gasteiger partial charge in [0.05, 0.1) is 0 Å². The number of allylic oxidation sites excluding steroid dienone is 1. The summed E-state index contributed by atoms with van der Waals surface area (Å²) in [5, 5.41) is 3.13. The van der Waals surface area contributed by atoms with Gasteiger partial charge in [0.2, 0.25) is 6.79 Å². The highest BCUT2D eigenvalue weighted by molar-refractivity contribution is 5.97. The maximum absolute atomic E-state index is 11.4. The summed E-state index contributed by atoms with van der Waals surface area (Å²) in [5.41, 5.74) is 1.78. The highest BCUT2D eigenvalue weighted by atomic mass is 16.7. The van der Waals surface area contributed by atoms with Gasteiger partial charge in [-0.3, -0.25) is 4.79 Å². The van der Waals surface area contributed by atoms with E-state index in [0.717, 1.165) is 35.6 Å². The minimum Gasteiger partial charge on any atom is -0.454 e. The average Bonchev–Trinajstić information content (AvgIpc) is 2.94. The second kappa shape index (κ2) is 4.13. The Morgan fingerprint density at radius 1 is 1.18 bits per heavy atom. The third-order valence-corrected chi connectivity index (χ3v) is 2.99. The van der Waals surface area contributed by atoms with Crippen molar-refractivity contribution in [2.45, 2.75) is 19.3 Å². The van der Waals surface area contributed by atoms with E-state index in [1.54, 1.807) is 6.20 Å². The maximum Gasteiger partial charge on any atom is 0.231 e. The molecule has 2 aliphatic rings. The number of rotatable bonds is 2. The van der Waals surface area contributed by atoms with Crippen molar-refractivity contribution in [3.05, 3.63) is 30.0 Å². The van der Waals surface area contributed by atoms with E-state index >= 15 is 0 Å². The lowest BCUT2D eigenvalue weighted by Gasteiger charge is -2.03. The van der Waals surface area contributed by atoms with Gasteiger partial charge in [-0.25, -0.2) is 0 Å². The molecule has 0 atom stereocenters. The van der Waals surface area contributed by atoms with E-state index in [1.807, 2.05) is 18.2 Å². The molecule has 1 aliphatic carbocycles. The fraction of sp³-hybridized carbons (Fsp3) is 0.308. The summed E-state index contributed by atoms with van der Waals surface area (Å²) < 4.78 is 10.5. The molecule has 0 amide bonds. The first kappa shape index (κ1) is 10.2. The van der Waals surface area contributed by atoms with Crippen molar-refractivity contribution in [3.8, 4) is 11.5 Å². The number of hydrogen-bond donors (Lipinski definition) is 1. The predicted molar refractivity (Wildman–Crippen MR) is 63.1 cm³/mol. The average molecular weight is 231 g/mol. The molecule has 1 heterocycles. The fourth-order valence-corrected chi connectivity index (χ4v) is 2.05. The standard InChI is InChI=1S/C13H13NO3/c15-11-3-1-2-9(11)7-14-10-4-5-12-13(6-10)17-8-16-12/h4-7,14H,1-3,8H2/b9-7+. The van der Waals surface area contributed by atoms with Crippen LogP contribution in [0.4, 0.5) is 5.69 Å². The van der Waals surface area contributed by atoms with Gasteiger partial charge in [0, 0.05) is 29.9 Å². The Bertz CT molecular complexity index is 493. The van der Waals surface area contributed by atoms with Crippen molar-refractivity contribution in [1.82, 2.24) is 0 Å². The first-order valence-corrected chi connectivity index (χ1v) is 5.71. The van der Waals surface area contributed by atoms with Crippen LogP contribution in [-0.4, -0.2) is 12.6 Å². The molecule has 1 aromatic rings. The summed E-state index contributed by atoms with van der Waals surface area (Å²) in [7, 11) is 0. The summed E-state index contributed by atoms with van der Waals surface area (Å²) in [6, 6.07) is 5.64. The number of ketones is 1. The Kier molecular flexibility index (Phi) is 2.48. The van der Waals surface area contributed by atoms with Crippen LogP contribution in [0.3, 0.4) is 0 Å². The van der Waals surface area contributed by atoms with Crippen molar-refractivity contribution in [2.75, 3.05) is 12.1 Å². The summed E-state index contributed by atoms with van der Waals surface area (Å²) in [6.45, 7) is 0.276. The quantitative estimate of drug-likeness (QED) is 0.794. The molecule has 1 fully saturated rings. The Morgan fingerprint density at radius 3 is 2.88 bits per heavy atom. The molecule has 1 saturated carbocycles. The van der Waals surface area contributed by atoms with Gasteiger partial charge in [-0.15, -0.1) is 0 Å². The van der Waals surface area contributed by atoms with Gasteiger partial charge in [-0.2, -0.15) is 0 Å². The van der Waals surface area contributed by atoms with E-state index in [-0.39, 0.29) is 12.6 Å². The summed E-state index contributed by atoms with van der Waals surface area (Å²) in [6.07, 6.45) is 4.31. The molecule has 88 valence electrons. The van der Waals surface area contributed by atoms with Crippen LogP contribution < -0.4 is 14.8 Å². The van der Waals surface area contributed by atoms with Crippen LogP contribution in [0.2, 0.25) is 0 Å². The normalized spacial score (nSPS) is 20.0. The van der Waals surface area contributed by atoms with Crippen LogP contribution in [0, 0.1) is 0 Å². The van der Waals surface area contributed by atoms with Crippen LogP contribution in [0.25, 0.3) is 0 Å².